The van der Waals surface area contributed by atoms with Gasteiger partial charge in [-0.05, 0) is 71.4 Å². The molecule has 0 amide bonds. The highest BCUT2D eigenvalue weighted by molar-refractivity contribution is 5.68. The van der Waals surface area contributed by atoms with Crippen LogP contribution < -0.4 is 0 Å². The lowest BCUT2D eigenvalue weighted by Gasteiger charge is -2.46. The maximum atomic E-state index is 10.9. The molecule has 0 aliphatic carbocycles. The Morgan fingerprint density at radius 3 is 1.23 bits per heavy atom. The number of quaternary nitrogens is 2. The molecule has 0 heterocycles. The Balaban J connectivity index is 5.85. The minimum atomic E-state index is -1.03. The molecule has 0 saturated heterocycles. The maximum Gasteiger partial charge on any atom is 0.329 e. The number of allylic oxidation sites excluding steroid dienone is 2. The summed E-state index contributed by atoms with van der Waals surface area (Å²) in [6.45, 7) is 22.9. The van der Waals surface area contributed by atoms with Gasteiger partial charge in [-0.3, -0.25) is 0 Å². The van der Waals surface area contributed by atoms with E-state index in [1.165, 1.54) is 70.6 Å². The lowest BCUT2D eigenvalue weighted by atomic mass is 10.1. The number of carboxylic acid groups (broad SMARTS) is 3. The van der Waals surface area contributed by atoms with Gasteiger partial charge in [-0.15, -0.1) is 0 Å². The molecule has 3 N–H and O–H groups in total. The molecule has 0 aromatic heterocycles. The summed E-state index contributed by atoms with van der Waals surface area (Å²) < 4.78 is 35.5. The van der Waals surface area contributed by atoms with Gasteiger partial charge < -0.3 is 52.7 Å². The van der Waals surface area contributed by atoms with Gasteiger partial charge in [0.2, 0.25) is 0 Å². The molecule has 0 aromatic carbocycles. The molecule has 14 heteroatoms. The molecule has 0 fully saturated rings. The van der Waals surface area contributed by atoms with Crippen LogP contribution in [0.1, 0.15) is 118 Å². The van der Waals surface area contributed by atoms with E-state index >= 15 is 0 Å². The van der Waals surface area contributed by atoms with Crippen LogP contribution in [-0.2, 0) is 42.8 Å². The van der Waals surface area contributed by atoms with Gasteiger partial charge in [0, 0.05) is 0 Å². The fourth-order valence-corrected chi connectivity index (χ4v) is 7.91. The van der Waals surface area contributed by atoms with Crippen LogP contribution in [0.2, 0.25) is 0 Å². The molecule has 0 aliphatic rings. The van der Waals surface area contributed by atoms with Gasteiger partial charge in [-0.1, -0.05) is 83.6 Å². The minimum absolute atomic E-state index is 0.120. The van der Waals surface area contributed by atoms with Gasteiger partial charge in [0.05, 0.1) is 59.3 Å². The lowest BCUT2D eigenvalue weighted by Crippen LogP contribution is -2.62. The Bertz CT molecular complexity index is 1120. The number of hydrogen-bond acceptors (Lipinski definition) is 9. The number of rotatable bonds is 47. The Morgan fingerprint density at radius 1 is 0.492 bits per heavy atom. The van der Waals surface area contributed by atoms with E-state index in [2.05, 4.69) is 39.2 Å². The first-order valence-corrected chi connectivity index (χ1v) is 23.1. The number of carboxylic acids is 3. The average Bonchev–Trinajstić information content (AvgIpc) is 3.19. The third-order valence-corrected chi connectivity index (χ3v) is 10.7. The van der Waals surface area contributed by atoms with Crippen molar-refractivity contribution in [1.29, 1.82) is 0 Å². The van der Waals surface area contributed by atoms with E-state index in [1.54, 1.807) is 0 Å². The van der Waals surface area contributed by atoms with Gasteiger partial charge >= 0.3 is 17.9 Å². The summed E-state index contributed by atoms with van der Waals surface area (Å²) in [6.07, 6.45) is 25.6. The fourth-order valence-electron chi connectivity index (χ4n) is 7.91. The second kappa shape index (κ2) is 38.9. The van der Waals surface area contributed by atoms with E-state index in [0.717, 1.165) is 56.5 Å². The van der Waals surface area contributed by atoms with Gasteiger partial charge in [0.15, 0.2) is 0 Å². The van der Waals surface area contributed by atoms with E-state index in [1.807, 2.05) is 26.0 Å². The maximum absolute atomic E-state index is 10.9. The molecule has 4 unspecified atom stereocenters. The van der Waals surface area contributed by atoms with Crippen LogP contribution >= 0.6 is 0 Å². The van der Waals surface area contributed by atoms with Crippen molar-refractivity contribution in [3.05, 3.63) is 37.5 Å². The Morgan fingerprint density at radius 2 is 0.836 bits per heavy atom. The van der Waals surface area contributed by atoms with Crippen molar-refractivity contribution < 1.29 is 67.1 Å². The smallest absolute Gasteiger partial charge is 0.329 e. The molecule has 0 aliphatic heterocycles. The minimum Gasteiger partial charge on any atom is -0.480 e. The number of aliphatic carboxylic acids is 3. The van der Waals surface area contributed by atoms with E-state index in [0.29, 0.717) is 30.7 Å². The van der Waals surface area contributed by atoms with Crippen molar-refractivity contribution in [3.63, 3.8) is 0 Å². The third-order valence-electron chi connectivity index (χ3n) is 10.7. The average molecular weight is 873 g/mol. The molecule has 0 aromatic rings. The molecule has 0 saturated carbocycles. The van der Waals surface area contributed by atoms with Gasteiger partial charge in [-0.25, -0.2) is 14.4 Å². The highest BCUT2D eigenvalue weighted by Crippen LogP contribution is 2.21. The van der Waals surface area contributed by atoms with Crippen molar-refractivity contribution in [2.24, 2.45) is 0 Å². The van der Waals surface area contributed by atoms with Crippen LogP contribution in [0.15, 0.2) is 37.5 Å². The van der Waals surface area contributed by atoms with Crippen LogP contribution in [0.25, 0.3) is 0 Å². The van der Waals surface area contributed by atoms with Gasteiger partial charge in [-0.2, -0.15) is 0 Å². The Labute approximate surface area is 369 Å². The monoisotopic (exact) mass is 873 g/mol. The summed E-state index contributed by atoms with van der Waals surface area (Å²) >= 11 is 0. The first-order valence-electron chi connectivity index (χ1n) is 23.1. The second-order valence-corrected chi connectivity index (χ2v) is 16.7. The number of unbranched alkanes of at least 4 members (excludes halogenated alkanes) is 12. The Hall–Kier alpha value is -2.69. The SMILES string of the molecule is C=CC[N+](CCCCCCCC/C=C/CCCCCCCC)(CC[N+](CC=C)(CC(C)OCCOCC(=O)O)CC(C)OCCOCC(=O)O)CC(C)OCCOCC(=O)O. The summed E-state index contributed by atoms with van der Waals surface area (Å²) in [6, 6.07) is 0. The Kier molecular flexibility index (Phi) is 37.2. The predicted octanol–water partition coefficient (Wildman–Crippen LogP) is 7.55. The van der Waals surface area contributed by atoms with Crippen LogP contribution in [0.5, 0.6) is 0 Å². The lowest BCUT2D eigenvalue weighted by molar-refractivity contribution is -0.979. The summed E-state index contributed by atoms with van der Waals surface area (Å²) in [5.74, 6) is -3.06. The zero-order valence-corrected chi connectivity index (χ0v) is 38.8. The first-order chi connectivity index (χ1) is 29.3. The topological polar surface area (TPSA) is 167 Å². The summed E-state index contributed by atoms with van der Waals surface area (Å²) in [5.41, 5.74) is 0. The quantitative estimate of drug-likeness (QED) is 0.0313. The molecule has 61 heavy (non-hydrogen) atoms. The number of hydrogen-bond donors (Lipinski definition) is 3. The summed E-state index contributed by atoms with van der Waals surface area (Å²) in [4.78, 5) is 32.7. The molecule has 4 atom stereocenters. The van der Waals surface area contributed by atoms with Crippen LogP contribution in [0, 0.1) is 0 Å². The van der Waals surface area contributed by atoms with Gasteiger partial charge in [0.25, 0.3) is 0 Å². The van der Waals surface area contributed by atoms with E-state index in [4.69, 9.17) is 43.7 Å². The first kappa shape index (κ1) is 58.3. The van der Waals surface area contributed by atoms with Crippen LogP contribution in [0.4, 0.5) is 0 Å². The zero-order chi connectivity index (χ0) is 45.5. The second-order valence-electron chi connectivity index (χ2n) is 16.7. The van der Waals surface area contributed by atoms with Crippen molar-refractivity contribution in [1.82, 2.24) is 0 Å². The molecule has 0 bridgehead atoms. The number of ether oxygens (including phenoxy) is 6. The van der Waals surface area contributed by atoms with Crippen LogP contribution in [-0.4, -0.2) is 172 Å². The summed E-state index contributed by atoms with van der Waals surface area (Å²) in [7, 11) is 0. The highest BCUT2D eigenvalue weighted by atomic mass is 16.6. The van der Waals surface area contributed by atoms with Crippen molar-refractivity contribution in [2.75, 3.05) is 112 Å². The molecular weight excluding hydrogens is 785 g/mol. The summed E-state index contributed by atoms with van der Waals surface area (Å²) in [5, 5.41) is 26.8. The number of carbonyl (C=O) groups is 3. The van der Waals surface area contributed by atoms with Crippen molar-refractivity contribution >= 4 is 17.9 Å². The normalized spacial score (nSPS) is 15.2. The number of nitrogens with zero attached hydrogens (tertiary/aromatic N) is 2. The zero-order valence-electron chi connectivity index (χ0n) is 38.8. The highest BCUT2D eigenvalue weighted by Gasteiger charge is 2.37. The third kappa shape index (κ3) is 35.5. The predicted molar refractivity (Wildman–Crippen MR) is 241 cm³/mol. The van der Waals surface area contributed by atoms with E-state index in [-0.39, 0.29) is 71.2 Å². The molecule has 0 radical (unpaired) electrons. The largest absolute Gasteiger partial charge is 0.480 e. The van der Waals surface area contributed by atoms with E-state index < -0.39 is 17.9 Å². The standard InChI is InChI=1S/C47H86N2O12/c1-7-10-11-12-13-14-15-16-17-18-19-20-21-22-23-24-27-48(25-8-2,36-42(4)59-33-30-56-39-45(50)51)28-29-49(26-9-3,37-43(5)60-34-31-57-40-46(52)53)38-44(6)61-35-32-58-41-47(54)55/h8-9,16-17,42-44H,2-3,7,10-15,18-41H2,1,4-6H3,(H-2,50,51,52,53,54,55)/p+2/b17-16+. The fraction of sp³-hybridized carbons (Fsp3) is 0.809. The van der Waals surface area contributed by atoms with Crippen molar-refractivity contribution in [2.45, 2.75) is 136 Å². The van der Waals surface area contributed by atoms with Gasteiger partial charge in [0.1, 0.15) is 70.9 Å². The molecular formula is C47H88N2O12+2. The van der Waals surface area contributed by atoms with Crippen LogP contribution in [0.3, 0.4) is 0 Å². The molecule has 14 nitrogen and oxygen atoms in total. The van der Waals surface area contributed by atoms with E-state index in [9.17, 15) is 14.4 Å². The molecule has 356 valence electrons. The van der Waals surface area contributed by atoms with Crippen molar-refractivity contribution in [3.8, 4) is 0 Å². The molecule has 0 spiro atoms. The molecule has 0 rings (SSSR count).